The fourth-order valence-electron chi connectivity index (χ4n) is 1.28. The largest absolute Gasteiger partial charge is 0.443 e. The van der Waals surface area contributed by atoms with Crippen LogP contribution < -0.4 is 10.9 Å². The Morgan fingerprint density at radius 1 is 1.40 bits per heavy atom. The highest BCUT2D eigenvalue weighted by molar-refractivity contribution is 5.67. The first-order chi connectivity index (χ1) is 6.73. The normalized spacial score (nSPS) is 20.6. The molecule has 1 fully saturated rings. The molecule has 0 aromatic carbocycles. The van der Waals surface area contributed by atoms with Gasteiger partial charge in [0, 0.05) is 6.04 Å². The van der Waals surface area contributed by atoms with Crippen LogP contribution in [-0.2, 0) is 4.74 Å². The summed E-state index contributed by atoms with van der Waals surface area (Å²) in [4.78, 5) is 11.3. The first-order valence-electron chi connectivity index (χ1n) is 5.47. The quantitative estimate of drug-likeness (QED) is 0.708. The van der Waals surface area contributed by atoms with E-state index in [4.69, 9.17) is 4.74 Å². The molecule has 1 aliphatic rings. The minimum absolute atomic E-state index is 0.282. The van der Waals surface area contributed by atoms with Gasteiger partial charge in [-0.2, -0.15) is 0 Å². The summed E-state index contributed by atoms with van der Waals surface area (Å²) in [6.07, 6.45) is 2.02. The lowest BCUT2D eigenvalue weighted by Gasteiger charge is -2.23. The zero-order valence-corrected chi connectivity index (χ0v) is 10.3. The summed E-state index contributed by atoms with van der Waals surface area (Å²) in [6.45, 7) is 9.82. The summed E-state index contributed by atoms with van der Waals surface area (Å²) >= 11 is 0. The number of hydrazine groups is 1. The van der Waals surface area contributed by atoms with Gasteiger partial charge in [-0.1, -0.05) is 6.92 Å². The van der Waals surface area contributed by atoms with Crippen molar-refractivity contribution in [3.63, 3.8) is 0 Å². The monoisotopic (exact) mass is 214 g/mol. The van der Waals surface area contributed by atoms with E-state index in [0.29, 0.717) is 5.41 Å². The Morgan fingerprint density at radius 2 is 1.93 bits per heavy atom. The van der Waals surface area contributed by atoms with E-state index >= 15 is 0 Å². The Bertz CT molecular complexity index is 241. The Morgan fingerprint density at radius 3 is 2.33 bits per heavy atom. The van der Waals surface area contributed by atoms with Crippen LogP contribution in [-0.4, -0.2) is 17.7 Å². The Balaban J connectivity index is 2.22. The minimum atomic E-state index is -0.446. The molecule has 1 aliphatic carbocycles. The maximum Gasteiger partial charge on any atom is 0.422 e. The standard InChI is InChI=1S/C11H22N2O2/c1-8(11(5)6-7-11)12-13-9(14)15-10(2,3)4/h8,12H,6-7H2,1-5H3,(H,13,14). The summed E-state index contributed by atoms with van der Waals surface area (Å²) < 4.78 is 5.11. The molecule has 0 aliphatic heterocycles. The molecule has 0 aromatic heterocycles. The lowest BCUT2D eigenvalue weighted by Crippen LogP contribution is -2.48. The molecule has 4 heteroatoms. The van der Waals surface area contributed by atoms with E-state index in [9.17, 15) is 4.79 Å². The molecule has 88 valence electrons. The number of hydrogen-bond acceptors (Lipinski definition) is 3. The Kier molecular flexibility index (Phi) is 3.28. The van der Waals surface area contributed by atoms with E-state index < -0.39 is 11.7 Å². The fraction of sp³-hybridized carbons (Fsp3) is 0.909. The van der Waals surface area contributed by atoms with E-state index in [-0.39, 0.29) is 6.04 Å². The molecule has 1 amide bonds. The van der Waals surface area contributed by atoms with Crippen molar-refractivity contribution >= 4 is 6.09 Å². The molecule has 0 radical (unpaired) electrons. The first-order valence-corrected chi connectivity index (χ1v) is 5.47. The summed E-state index contributed by atoms with van der Waals surface area (Å²) in [6, 6.07) is 0.282. The number of rotatable bonds is 3. The Labute approximate surface area is 91.7 Å². The van der Waals surface area contributed by atoms with Crippen molar-refractivity contribution in [2.24, 2.45) is 5.41 Å². The molecule has 1 unspecified atom stereocenters. The molecule has 1 atom stereocenters. The average Bonchev–Trinajstić information content (AvgIpc) is 2.77. The number of hydrogen-bond donors (Lipinski definition) is 2. The summed E-state index contributed by atoms with van der Waals surface area (Å²) in [7, 11) is 0. The van der Waals surface area contributed by atoms with Crippen molar-refractivity contribution in [3.8, 4) is 0 Å². The van der Waals surface area contributed by atoms with Gasteiger partial charge < -0.3 is 4.74 Å². The van der Waals surface area contributed by atoms with Crippen LogP contribution in [0.15, 0.2) is 0 Å². The van der Waals surface area contributed by atoms with Gasteiger partial charge >= 0.3 is 6.09 Å². The van der Waals surface area contributed by atoms with E-state index in [2.05, 4.69) is 24.7 Å². The van der Waals surface area contributed by atoms with Crippen molar-refractivity contribution in [2.75, 3.05) is 0 Å². The van der Waals surface area contributed by atoms with Crippen molar-refractivity contribution in [1.82, 2.24) is 10.9 Å². The molecular formula is C11H22N2O2. The van der Waals surface area contributed by atoms with Crippen LogP contribution in [0.5, 0.6) is 0 Å². The molecule has 0 bridgehead atoms. The number of ether oxygens (including phenoxy) is 1. The first kappa shape index (κ1) is 12.3. The van der Waals surface area contributed by atoms with Crippen LogP contribution in [0.1, 0.15) is 47.5 Å². The van der Waals surface area contributed by atoms with Crippen molar-refractivity contribution in [2.45, 2.75) is 59.1 Å². The van der Waals surface area contributed by atoms with Gasteiger partial charge in [0.05, 0.1) is 0 Å². The second-order valence-electron chi connectivity index (χ2n) is 5.65. The van der Waals surface area contributed by atoms with Gasteiger partial charge in [-0.3, -0.25) is 5.43 Å². The zero-order chi connectivity index (χ0) is 11.7. The van der Waals surface area contributed by atoms with E-state index in [1.54, 1.807) is 0 Å². The molecule has 0 aromatic rings. The summed E-state index contributed by atoms with van der Waals surface area (Å²) in [5, 5.41) is 0. The van der Waals surface area contributed by atoms with Crippen LogP contribution in [0.25, 0.3) is 0 Å². The third-order valence-corrected chi connectivity index (χ3v) is 2.87. The summed E-state index contributed by atoms with van der Waals surface area (Å²) in [5.41, 5.74) is 5.45. The van der Waals surface area contributed by atoms with Crippen LogP contribution in [0.2, 0.25) is 0 Å². The van der Waals surface area contributed by atoms with Gasteiger partial charge in [-0.05, 0) is 46.0 Å². The minimum Gasteiger partial charge on any atom is -0.443 e. The molecular weight excluding hydrogens is 192 g/mol. The van der Waals surface area contributed by atoms with E-state index in [1.807, 2.05) is 20.8 Å². The second kappa shape index (κ2) is 4.00. The van der Waals surface area contributed by atoms with Gasteiger partial charge in [0.25, 0.3) is 0 Å². The topological polar surface area (TPSA) is 50.4 Å². The average molecular weight is 214 g/mol. The fourth-order valence-corrected chi connectivity index (χ4v) is 1.28. The second-order valence-corrected chi connectivity index (χ2v) is 5.65. The molecule has 0 spiro atoms. The van der Waals surface area contributed by atoms with Crippen molar-refractivity contribution in [3.05, 3.63) is 0 Å². The molecule has 1 saturated carbocycles. The van der Waals surface area contributed by atoms with Crippen LogP contribution >= 0.6 is 0 Å². The van der Waals surface area contributed by atoms with Gasteiger partial charge in [-0.25, -0.2) is 10.2 Å². The summed E-state index contributed by atoms with van der Waals surface area (Å²) in [5.74, 6) is 0. The maximum atomic E-state index is 11.3. The SMILES string of the molecule is CC(NNC(=O)OC(C)(C)C)C1(C)CC1. The molecule has 0 saturated heterocycles. The third-order valence-electron chi connectivity index (χ3n) is 2.87. The maximum absolute atomic E-state index is 11.3. The predicted octanol–water partition coefficient (Wildman–Crippen LogP) is 2.20. The molecule has 1 rings (SSSR count). The van der Waals surface area contributed by atoms with Gasteiger partial charge in [0.2, 0.25) is 0 Å². The van der Waals surface area contributed by atoms with Crippen molar-refractivity contribution in [1.29, 1.82) is 0 Å². The number of carbonyl (C=O) groups excluding carboxylic acids is 1. The number of carbonyl (C=O) groups is 1. The number of nitrogens with one attached hydrogen (secondary N) is 2. The number of amides is 1. The lowest BCUT2D eigenvalue weighted by molar-refractivity contribution is 0.0481. The zero-order valence-electron chi connectivity index (χ0n) is 10.3. The smallest absolute Gasteiger partial charge is 0.422 e. The molecule has 2 N–H and O–H groups in total. The highest BCUT2D eigenvalue weighted by Gasteiger charge is 2.42. The predicted molar refractivity (Wildman–Crippen MR) is 59.3 cm³/mol. The molecule has 15 heavy (non-hydrogen) atoms. The van der Waals surface area contributed by atoms with Crippen LogP contribution in [0, 0.1) is 5.41 Å². The molecule has 4 nitrogen and oxygen atoms in total. The lowest BCUT2D eigenvalue weighted by atomic mass is 10.0. The van der Waals surface area contributed by atoms with Crippen LogP contribution in [0.3, 0.4) is 0 Å². The van der Waals surface area contributed by atoms with E-state index in [0.717, 1.165) is 0 Å². The van der Waals surface area contributed by atoms with Gasteiger partial charge in [-0.15, -0.1) is 0 Å². The molecule has 0 heterocycles. The van der Waals surface area contributed by atoms with E-state index in [1.165, 1.54) is 12.8 Å². The Hall–Kier alpha value is -0.770. The van der Waals surface area contributed by atoms with Gasteiger partial charge in [0.1, 0.15) is 5.60 Å². The van der Waals surface area contributed by atoms with Crippen molar-refractivity contribution < 1.29 is 9.53 Å². The highest BCUT2D eigenvalue weighted by Crippen LogP contribution is 2.47. The highest BCUT2D eigenvalue weighted by atomic mass is 16.6. The van der Waals surface area contributed by atoms with Crippen LogP contribution in [0.4, 0.5) is 4.79 Å². The third kappa shape index (κ3) is 4.08. The van der Waals surface area contributed by atoms with Gasteiger partial charge in [0.15, 0.2) is 0 Å².